The highest BCUT2D eigenvalue weighted by atomic mass is 16.5. The van der Waals surface area contributed by atoms with Gasteiger partial charge in [0.2, 0.25) is 12.5 Å². The molecule has 1 amide bonds. The van der Waals surface area contributed by atoms with Crippen LogP contribution in [0.4, 0.5) is 0 Å². The van der Waals surface area contributed by atoms with Crippen molar-refractivity contribution >= 4 is 5.91 Å². The highest BCUT2D eigenvalue weighted by Crippen LogP contribution is 2.20. The van der Waals surface area contributed by atoms with Crippen LogP contribution in [0.1, 0.15) is 12.8 Å². The highest BCUT2D eigenvalue weighted by molar-refractivity contribution is 5.75. The Morgan fingerprint density at radius 3 is 3.00 bits per heavy atom. The summed E-state index contributed by atoms with van der Waals surface area (Å²) in [5.41, 5.74) is 0. The molecule has 0 bridgehead atoms. The predicted octanol–water partition coefficient (Wildman–Crippen LogP) is 0.321. The topological polar surface area (TPSA) is 38.3 Å². The fourth-order valence-corrected chi connectivity index (χ4v) is 0.825. The molecule has 0 aromatic heterocycles. The van der Waals surface area contributed by atoms with Crippen molar-refractivity contribution in [1.29, 1.82) is 0 Å². The van der Waals surface area contributed by atoms with E-state index in [1.807, 2.05) is 0 Å². The summed E-state index contributed by atoms with van der Waals surface area (Å²) >= 11 is 0. The molecule has 0 spiro atoms. The van der Waals surface area contributed by atoms with Gasteiger partial charge in [0.15, 0.2) is 5.92 Å². The van der Waals surface area contributed by atoms with E-state index < -0.39 is 0 Å². The molecule has 3 heteroatoms. The monoisotopic (exact) mass is 142 g/mol. The minimum Gasteiger partial charge on any atom is -0.359 e. The van der Waals surface area contributed by atoms with Crippen LogP contribution in [0.15, 0.2) is 0 Å². The van der Waals surface area contributed by atoms with Gasteiger partial charge in [-0.25, -0.2) is 0 Å². The molecule has 1 N–H and O–H groups in total. The van der Waals surface area contributed by atoms with Gasteiger partial charge in [-0.3, -0.25) is 4.79 Å². The lowest BCUT2D eigenvalue weighted by Crippen LogP contribution is -2.25. The van der Waals surface area contributed by atoms with Gasteiger partial charge in [-0.2, -0.15) is 4.74 Å². The molecule has 0 saturated carbocycles. The molecule has 1 heterocycles. The SMILES string of the molecule is CNC(=O)CCC1[CH+]OC1. The normalized spacial score (nSPS) is 22.7. The molecule has 1 rings (SSSR count). The second-order valence-electron chi connectivity index (χ2n) is 2.44. The van der Waals surface area contributed by atoms with E-state index in [9.17, 15) is 4.79 Å². The number of hydrogen-bond donors (Lipinski definition) is 1. The quantitative estimate of drug-likeness (QED) is 0.576. The molecule has 1 aliphatic rings. The van der Waals surface area contributed by atoms with Crippen LogP contribution in [0, 0.1) is 12.5 Å². The second kappa shape index (κ2) is 3.46. The van der Waals surface area contributed by atoms with Crippen LogP contribution in [0.5, 0.6) is 0 Å². The first-order valence-corrected chi connectivity index (χ1v) is 3.48. The number of carbonyl (C=O) groups is 1. The fraction of sp³-hybridized carbons (Fsp3) is 0.714. The summed E-state index contributed by atoms with van der Waals surface area (Å²) < 4.78 is 4.84. The summed E-state index contributed by atoms with van der Waals surface area (Å²) in [6, 6.07) is 0. The van der Waals surface area contributed by atoms with Crippen LogP contribution in [0.25, 0.3) is 0 Å². The zero-order valence-corrected chi connectivity index (χ0v) is 6.09. The van der Waals surface area contributed by atoms with E-state index in [0.29, 0.717) is 12.3 Å². The smallest absolute Gasteiger partial charge is 0.233 e. The fourth-order valence-electron chi connectivity index (χ4n) is 0.825. The van der Waals surface area contributed by atoms with Crippen molar-refractivity contribution in [2.24, 2.45) is 5.92 Å². The lowest BCUT2D eigenvalue weighted by atomic mass is 10.0. The standard InChI is InChI=1S/C7H11NO2/c1-8-7(9)3-2-6-4-10-5-6/h4,6H,2-3,5H2,1H3/p+1. The third-order valence-electron chi connectivity index (χ3n) is 1.62. The van der Waals surface area contributed by atoms with Crippen molar-refractivity contribution in [2.75, 3.05) is 13.7 Å². The maximum atomic E-state index is 10.7. The van der Waals surface area contributed by atoms with E-state index >= 15 is 0 Å². The number of amides is 1. The van der Waals surface area contributed by atoms with Crippen molar-refractivity contribution in [3.8, 4) is 0 Å². The molecule has 0 aliphatic carbocycles. The van der Waals surface area contributed by atoms with Crippen LogP contribution < -0.4 is 5.32 Å². The average molecular weight is 142 g/mol. The summed E-state index contributed by atoms with van der Waals surface area (Å²) in [7, 11) is 1.66. The zero-order valence-electron chi connectivity index (χ0n) is 6.09. The largest absolute Gasteiger partial charge is 0.359 e. The molecule has 1 fully saturated rings. The predicted molar refractivity (Wildman–Crippen MR) is 37.0 cm³/mol. The van der Waals surface area contributed by atoms with E-state index in [-0.39, 0.29) is 5.91 Å². The van der Waals surface area contributed by atoms with Gasteiger partial charge in [-0.05, 0) is 0 Å². The lowest BCUT2D eigenvalue weighted by Gasteiger charge is -2.12. The van der Waals surface area contributed by atoms with Crippen molar-refractivity contribution in [3.05, 3.63) is 6.61 Å². The van der Waals surface area contributed by atoms with Gasteiger partial charge in [-0.1, -0.05) is 0 Å². The Morgan fingerprint density at radius 1 is 1.90 bits per heavy atom. The first kappa shape index (κ1) is 7.41. The van der Waals surface area contributed by atoms with Crippen molar-refractivity contribution in [3.63, 3.8) is 0 Å². The van der Waals surface area contributed by atoms with E-state index in [1.165, 1.54) is 0 Å². The van der Waals surface area contributed by atoms with Gasteiger partial charge in [0.25, 0.3) is 0 Å². The number of ether oxygens (including phenoxy) is 1. The van der Waals surface area contributed by atoms with Crippen molar-refractivity contribution in [2.45, 2.75) is 12.8 Å². The summed E-state index contributed by atoms with van der Waals surface area (Å²) in [4.78, 5) is 10.7. The number of carbonyl (C=O) groups excluding carboxylic acids is 1. The molecule has 0 aromatic rings. The van der Waals surface area contributed by atoms with Gasteiger partial charge in [0.1, 0.15) is 6.61 Å². The minimum atomic E-state index is 0.111. The third kappa shape index (κ3) is 1.92. The van der Waals surface area contributed by atoms with E-state index in [0.717, 1.165) is 13.0 Å². The Hall–Kier alpha value is -0.700. The summed E-state index contributed by atoms with van der Waals surface area (Å²) in [5.74, 6) is 0.623. The van der Waals surface area contributed by atoms with Crippen LogP contribution in [-0.4, -0.2) is 19.6 Å². The summed E-state index contributed by atoms with van der Waals surface area (Å²) in [5, 5.41) is 2.57. The molecule has 1 unspecified atom stereocenters. The molecular weight excluding hydrogens is 130 g/mol. The van der Waals surface area contributed by atoms with Gasteiger partial charge in [-0.15, -0.1) is 0 Å². The molecule has 10 heavy (non-hydrogen) atoms. The molecule has 0 aromatic carbocycles. The van der Waals surface area contributed by atoms with Gasteiger partial charge in [0, 0.05) is 19.9 Å². The molecule has 3 nitrogen and oxygen atoms in total. The Balaban J connectivity index is 1.98. The highest BCUT2D eigenvalue weighted by Gasteiger charge is 2.30. The maximum absolute atomic E-state index is 10.7. The van der Waals surface area contributed by atoms with Crippen LogP contribution >= 0.6 is 0 Å². The van der Waals surface area contributed by atoms with E-state index in [2.05, 4.69) is 5.32 Å². The van der Waals surface area contributed by atoms with Gasteiger partial charge < -0.3 is 5.32 Å². The lowest BCUT2D eigenvalue weighted by molar-refractivity contribution is -0.121. The van der Waals surface area contributed by atoms with E-state index in [4.69, 9.17) is 4.74 Å². The van der Waals surface area contributed by atoms with Crippen molar-refractivity contribution in [1.82, 2.24) is 5.32 Å². The maximum Gasteiger partial charge on any atom is 0.233 e. The number of hydrogen-bond acceptors (Lipinski definition) is 2. The molecule has 1 saturated heterocycles. The molecule has 0 radical (unpaired) electrons. The number of rotatable bonds is 3. The van der Waals surface area contributed by atoms with E-state index in [1.54, 1.807) is 13.7 Å². The minimum absolute atomic E-state index is 0.111. The van der Waals surface area contributed by atoms with Crippen LogP contribution in [0.3, 0.4) is 0 Å². The molecule has 1 atom stereocenters. The Kier molecular flexibility index (Phi) is 2.57. The Labute approximate surface area is 60.7 Å². The zero-order chi connectivity index (χ0) is 7.40. The number of nitrogens with one attached hydrogen (secondary N) is 1. The first-order chi connectivity index (χ1) is 4.83. The third-order valence-corrected chi connectivity index (χ3v) is 1.62. The molecule has 1 aliphatic heterocycles. The molecular formula is C7H12NO2+. The second-order valence-corrected chi connectivity index (χ2v) is 2.44. The van der Waals surface area contributed by atoms with Crippen LogP contribution in [0.2, 0.25) is 0 Å². The first-order valence-electron chi connectivity index (χ1n) is 3.48. The van der Waals surface area contributed by atoms with Crippen molar-refractivity contribution < 1.29 is 9.53 Å². The van der Waals surface area contributed by atoms with Gasteiger partial charge >= 0.3 is 0 Å². The average Bonchev–Trinajstić information content (AvgIpc) is 1.84. The Morgan fingerprint density at radius 2 is 2.60 bits per heavy atom. The summed E-state index contributed by atoms with van der Waals surface area (Å²) in [6.45, 7) is 2.58. The van der Waals surface area contributed by atoms with Gasteiger partial charge in [0.05, 0.1) is 0 Å². The van der Waals surface area contributed by atoms with Crippen LogP contribution in [-0.2, 0) is 9.53 Å². The summed E-state index contributed by atoms with van der Waals surface area (Å²) in [6.07, 6.45) is 1.53. The Bertz CT molecular complexity index is 121. The molecule has 56 valence electrons.